The summed E-state index contributed by atoms with van der Waals surface area (Å²) in [6.07, 6.45) is 2.73. The van der Waals surface area contributed by atoms with Crippen molar-refractivity contribution in [2.45, 2.75) is 44.6 Å². The van der Waals surface area contributed by atoms with Crippen LogP contribution in [0.5, 0.6) is 0 Å². The minimum absolute atomic E-state index is 0. The molecule has 0 heterocycles. The first-order chi connectivity index (χ1) is 8.98. The Kier molecular flexibility index (Phi) is 6.26. The molecule has 1 aromatic carbocycles. The Hall–Kier alpha value is -0.820. The molecule has 4 nitrogen and oxygen atoms in total. The van der Waals surface area contributed by atoms with Crippen molar-refractivity contribution in [3.8, 4) is 0 Å². The van der Waals surface area contributed by atoms with E-state index in [0.29, 0.717) is 18.4 Å². The predicted molar refractivity (Wildman–Crippen MR) is 94.9 cm³/mol. The monoisotopic (exact) mass is 389 g/mol. The number of aliphatic imine (C=N–C) groups is 1. The largest absolute Gasteiger partial charge is 0.388 e. The first-order valence-corrected chi connectivity index (χ1v) is 6.88. The number of hydrogen-bond acceptors (Lipinski definition) is 2. The third kappa shape index (κ3) is 4.63. The summed E-state index contributed by atoms with van der Waals surface area (Å²) >= 11 is 0. The van der Waals surface area contributed by atoms with E-state index in [4.69, 9.17) is 5.73 Å². The van der Waals surface area contributed by atoms with E-state index in [1.807, 2.05) is 12.1 Å². The molecule has 5 heteroatoms. The van der Waals surface area contributed by atoms with Gasteiger partial charge >= 0.3 is 0 Å². The Bertz CT molecular complexity index is 470. The number of anilines is 1. The number of nitrogens with one attached hydrogen (secondary N) is 1. The van der Waals surface area contributed by atoms with Crippen molar-refractivity contribution in [2.24, 2.45) is 10.7 Å². The zero-order chi connectivity index (χ0) is 13.9. The molecule has 2 rings (SSSR count). The van der Waals surface area contributed by atoms with Gasteiger partial charge in [-0.3, -0.25) is 4.99 Å². The fraction of sp³-hybridized carbons (Fsp3) is 0.533. The number of hydrogen-bond donors (Lipinski definition) is 3. The molecular weight excluding hydrogens is 365 g/mol. The van der Waals surface area contributed by atoms with Crippen molar-refractivity contribution in [1.29, 1.82) is 0 Å². The molecule has 0 atom stereocenters. The molecule has 0 amide bonds. The molecule has 0 saturated heterocycles. The summed E-state index contributed by atoms with van der Waals surface area (Å²) in [5.74, 6) is 0.844. The van der Waals surface area contributed by atoms with E-state index < -0.39 is 5.60 Å². The Balaban J connectivity index is 0.00000200. The second-order valence-electron chi connectivity index (χ2n) is 5.68. The van der Waals surface area contributed by atoms with Crippen molar-refractivity contribution >= 4 is 35.6 Å². The van der Waals surface area contributed by atoms with Crippen LogP contribution in [0.25, 0.3) is 0 Å². The van der Waals surface area contributed by atoms with Crippen LogP contribution in [0, 0.1) is 0 Å². The van der Waals surface area contributed by atoms with Crippen molar-refractivity contribution < 1.29 is 5.11 Å². The highest BCUT2D eigenvalue weighted by atomic mass is 127. The molecule has 1 fully saturated rings. The smallest absolute Gasteiger partial charge is 0.193 e. The summed E-state index contributed by atoms with van der Waals surface area (Å²) in [6.45, 7) is 4.70. The van der Waals surface area contributed by atoms with E-state index in [2.05, 4.69) is 36.3 Å². The zero-order valence-corrected chi connectivity index (χ0v) is 14.4. The predicted octanol–water partition coefficient (Wildman–Crippen LogP) is 3.07. The van der Waals surface area contributed by atoms with Crippen LogP contribution >= 0.6 is 24.0 Å². The fourth-order valence-corrected chi connectivity index (χ4v) is 2.14. The van der Waals surface area contributed by atoms with Crippen molar-refractivity contribution in [3.63, 3.8) is 0 Å². The molecule has 1 aromatic rings. The van der Waals surface area contributed by atoms with Crippen LogP contribution in [0.1, 0.15) is 44.6 Å². The standard InChI is InChI=1S/C15H23N3O.HI/c1-11(2)12-5-3-6-13(9-12)18-14(16)17-10-15(19)7-4-8-15;/h3,5-6,9,11,19H,4,7-8,10H2,1-2H3,(H3,16,17,18);1H. The van der Waals surface area contributed by atoms with E-state index >= 15 is 0 Å². The Labute approximate surface area is 137 Å². The Morgan fingerprint density at radius 2 is 2.15 bits per heavy atom. The van der Waals surface area contributed by atoms with Crippen molar-refractivity contribution in [1.82, 2.24) is 0 Å². The lowest BCUT2D eigenvalue weighted by Gasteiger charge is -2.34. The van der Waals surface area contributed by atoms with Gasteiger partial charge in [0.25, 0.3) is 0 Å². The van der Waals surface area contributed by atoms with Gasteiger partial charge in [-0.05, 0) is 42.9 Å². The van der Waals surface area contributed by atoms with Crippen LogP contribution in [0.15, 0.2) is 29.3 Å². The Morgan fingerprint density at radius 1 is 1.45 bits per heavy atom. The van der Waals surface area contributed by atoms with Gasteiger partial charge in [0.1, 0.15) is 0 Å². The molecule has 0 aromatic heterocycles. The average molecular weight is 389 g/mol. The molecule has 1 saturated carbocycles. The second kappa shape index (κ2) is 7.26. The molecular formula is C15H24IN3O. The van der Waals surface area contributed by atoms with E-state index in [-0.39, 0.29) is 24.0 Å². The fourth-order valence-electron chi connectivity index (χ4n) is 2.14. The van der Waals surface area contributed by atoms with E-state index in [0.717, 1.165) is 24.9 Å². The summed E-state index contributed by atoms with van der Waals surface area (Å²) in [4.78, 5) is 4.22. The maximum Gasteiger partial charge on any atom is 0.193 e. The summed E-state index contributed by atoms with van der Waals surface area (Å²) in [7, 11) is 0. The zero-order valence-electron chi connectivity index (χ0n) is 12.1. The van der Waals surface area contributed by atoms with Crippen molar-refractivity contribution in [2.75, 3.05) is 11.9 Å². The van der Waals surface area contributed by atoms with Gasteiger partial charge in [-0.15, -0.1) is 24.0 Å². The number of nitrogens with zero attached hydrogens (tertiary/aromatic N) is 1. The van der Waals surface area contributed by atoms with E-state index in [9.17, 15) is 5.11 Å². The van der Waals surface area contributed by atoms with Gasteiger partial charge in [-0.1, -0.05) is 26.0 Å². The quantitative estimate of drug-likeness (QED) is 0.421. The van der Waals surface area contributed by atoms with Crippen LogP contribution in [0.3, 0.4) is 0 Å². The molecule has 4 N–H and O–H groups in total. The number of rotatable bonds is 4. The number of nitrogens with two attached hydrogens (primary N) is 1. The lowest BCUT2D eigenvalue weighted by molar-refractivity contribution is -0.0235. The molecule has 0 bridgehead atoms. The molecule has 0 unspecified atom stereocenters. The van der Waals surface area contributed by atoms with Gasteiger partial charge in [0.2, 0.25) is 0 Å². The van der Waals surface area contributed by atoms with Gasteiger partial charge < -0.3 is 16.2 Å². The van der Waals surface area contributed by atoms with Crippen molar-refractivity contribution in [3.05, 3.63) is 29.8 Å². The number of guanidine groups is 1. The number of benzene rings is 1. The highest BCUT2D eigenvalue weighted by Crippen LogP contribution is 2.31. The third-order valence-electron chi connectivity index (χ3n) is 3.65. The van der Waals surface area contributed by atoms with Crippen LogP contribution in [0.2, 0.25) is 0 Å². The van der Waals surface area contributed by atoms with Crippen LogP contribution in [-0.2, 0) is 0 Å². The first kappa shape index (κ1) is 17.2. The van der Waals surface area contributed by atoms with Gasteiger partial charge in [0, 0.05) is 5.69 Å². The van der Waals surface area contributed by atoms with E-state index in [1.54, 1.807) is 0 Å². The molecule has 0 aliphatic heterocycles. The lowest BCUT2D eigenvalue weighted by Crippen LogP contribution is -2.41. The van der Waals surface area contributed by atoms with E-state index in [1.165, 1.54) is 5.56 Å². The summed E-state index contributed by atoms with van der Waals surface area (Å²) in [5.41, 5.74) is 7.42. The highest BCUT2D eigenvalue weighted by Gasteiger charge is 2.33. The molecule has 20 heavy (non-hydrogen) atoms. The maximum absolute atomic E-state index is 9.95. The topological polar surface area (TPSA) is 70.6 Å². The van der Waals surface area contributed by atoms with Crippen LogP contribution in [0.4, 0.5) is 5.69 Å². The minimum Gasteiger partial charge on any atom is -0.388 e. The summed E-state index contributed by atoms with van der Waals surface area (Å²) < 4.78 is 0. The molecule has 1 aliphatic rings. The number of aliphatic hydroxyl groups is 1. The average Bonchev–Trinajstić information content (AvgIpc) is 2.34. The maximum atomic E-state index is 9.95. The molecule has 112 valence electrons. The Morgan fingerprint density at radius 3 is 2.70 bits per heavy atom. The lowest BCUT2D eigenvalue weighted by atomic mass is 9.80. The van der Waals surface area contributed by atoms with Gasteiger partial charge in [-0.2, -0.15) is 0 Å². The highest BCUT2D eigenvalue weighted by molar-refractivity contribution is 14.0. The van der Waals surface area contributed by atoms with Crippen LogP contribution < -0.4 is 11.1 Å². The first-order valence-electron chi connectivity index (χ1n) is 6.88. The minimum atomic E-state index is -0.619. The van der Waals surface area contributed by atoms with Gasteiger partial charge in [0.15, 0.2) is 5.96 Å². The van der Waals surface area contributed by atoms with Gasteiger partial charge in [0.05, 0.1) is 12.1 Å². The second-order valence-corrected chi connectivity index (χ2v) is 5.68. The normalized spacial score (nSPS) is 17.3. The molecule has 1 aliphatic carbocycles. The summed E-state index contributed by atoms with van der Waals surface area (Å²) in [6, 6.07) is 8.14. The molecule has 0 spiro atoms. The SMILES string of the molecule is CC(C)c1cccc(NC(N)=NCC2(O)CCC2)c1.I. The van der Waals surface area contributed by atoms with Crippen LogP contribution in [-0.4, -0.2) is 23.2 Å². The van der Waals surface area contributed by atoms with Gasteiger partial charge in [-0.25, -0.2) is 0 Å². The number of halogens is 1. The third-order valence-corrected chi connectivity index (χ3v) is 3.65. The molecule has 0 radical (unpaired) electrons. The summed E-state index contributed by atoms with van der Waals surface area (Å²) in [5, 5.41) is 13.0.